The van der Waals surface area contributed by atoms with E-state index in [0.717, 1.165) is 13.2 Å². The van der Waals surface area contributed by atoms with Crippen LogP contribution < -0.4 is 4.90 Å². The van der Waals surface area contributed by atoms with Crippen LogP contribution in [0.5, 0.6) is 0 Å². The predicted octanol–water partition coefficient (Wildman–Crippen LogP) is 3.22. The van der Waals surface area contributed by atoms with Gasteiger partial charge in [0.05, 0.1) is 19.3 Å². The van der Waals surface area contributed by atoms with Crippen LogP contribution in [-0.4, -0.2) is 19.3 Å². The van der Waals surface area contributed by atoms with E-state index in [0.29, 0.717) is 6.10 Å². The first kappa shape index (κ1) is 10.4. The van der Waals surface area contributed by atoms with Crippen LogP contribution >= 0.6 is 0 Å². The topological polar surface area (TPSA) is 15.8 Å². The van der Waals surface area contributed by atoms with Crippen molar-refractivity contribution in [1.82, 2.24) is 0 Å². The van der Waals surface area contributed by atoms with Gasteiger partial charge in [0.15, 0.2) is 0 Å². The van der Waals surface area contributed by atoms with Gasteiger partial charge in [-0.05, 0) is 24.3 Å². The summed E-state index contributed by atoms with van der Waals surface area (Å²) in [4.78, 5) is 2.30. The summed E-state index contributed by atoms with van der Waals surface area (Å²) in [7, 11) is 0. The molecule has 1 aliphatic heterocycles. The van der Waals surface area contributed by atoms with Gasteiger partial charge < -0.3 is 9.64 Å². The maximum absolute atomic E-state index is 5.34. The Morgan fingerprint density at radius 3 is 1.76 bits per heavy atom. The highest BCUT2D eigenvalue weighted by atomic mass is 16.6. The van der Waals surface area contributed by atoms with E-state index >= 15 is 0 Å². The lowest BCUT2D eigenvalue weighted by Crippen LogP contribution is -2.22. The smallest absolute Gasteiger partial charge is 0.0988 e. The van der Waals surface area contributed by atoms with E-state index in [-0.39, 0.29) is 0 Å². The second-order valence-corrected chi connectivity index (χ2v) is 4.24. The molecule has 1 aliphatic rings. The molecule has 1 saturated heterocycles. The average molecular weight is 225 g/mol. The summed E-state index contributed by atoms with van der Waals surface area (Å²) >= 11 is 0. The second-order valence-electron chi connectivity index (χ2n) is 4.24. The van der Waals surface area contributed by atoms with E-state index in [1.54, 1.807) is 0 Å². The van der Waals surface area contributed by atoms with Crippen molar-refractivity contribution >= 4 is 11.4 Å². The van der Waals surface area contributed by atoms with E-state index < -0.39 is 0 Å². The van der Waals surface area contributed by atoms with Crippen molar-refractivity contribution in [2.24, 2.45) is 0 Å². The Morgan fingerprint density at radius 1 is 0.882 bits per heavy atom. The van der Waals surface area contributed by atoms with Crippen LogP contribution in [0.25, 0.3) is 0 Å². The maximum atomic E-state index is 5.34. The van der Waals surface area contributed by atoms with Gasteiger partial charge in [0, 0.05) is 11.4 Å². The van der Waals surface area contributed by atoms with Gasteiger partial charge in [-0.25, -0.2) is 0 Å². The van der Waals surface area contributed by atoms with Gasteiger partial charge in [0.1, 0.15) is 0 Å². The van der Waals surface area contributed by atoms with Gasteiger partial charge in [0.2, 0.25) is 0 Å². The molecule has 0 aliphatic carbocycles. The first-order valence-corrected chi connectivity index (χ1v) is 5.93. The van der Waals surface area contributed by atoms with Crippen molar-refractivity contribution < 1.29 is 4.74 Å². The van der Waals surface area contributed by atoms with Gasteiger partial charge in [0.25, 0.3) is 0 Å². The molecule has 0 saturated carbocycles. The number of para-hydroxylation sites is 2. The molecule has 0 bridgehead atoms. The molecule has 0 radical (unpaired) electrons. The number of nitrogens with zero attached hydrogens (tertiary/aromatic N) is 1. The molecule has 2 heteroatoms. The van der Waals surface area contributed by atoms with Crippen LogP contribution in [0.1, 0.15) is 0 Å². The molecule has 3 rings (SSSR count). The minimum absolute atomic E-state index is 0.385. The second kappa shape index (κ2) is 4.60. The molecular weight excluding hydrogens is 210 g/mol. The summed E-state index contributed by atoms with van der Waals surface area (Å²) in [5.74, 6) is 0. The Kier molecular flexibility index (Phi) is 2.80. The number of benzene rings is 2. The van der Waals surface area contributed by atoms with Crippen LogP contribution in [0.4, 0.5) is 11.4 Å². The fraction of sp³-hybridized carbons (Fsp3) is 0.200. The number of hydrogen-bond donors (Lipinski definition) is 0. The van der Waals surface area contributed by atoms with E-state index in [9.17, 15) is 0 Å². The van der Waals surface area contributed by atoms with Crippen LogP contribution in [-0.2, 0) is 4.74 Å². The Labute approximate surface area is 101 Å². The lowest BCUT2D eigenvalue weighted by Gasteiger charge is -2.24. The van der Waals surface area contributed by atoms with Crippen molar-refractivity contribution in [2.45, 2.75) is 6.10 Å². The molecule has 17 heavy (non-hydrogen) atoms. The Bertz CT molecular complexity index is 425. The molecule has 1 heterocycles. The highest BCUT2D eigenvalue weighted by Gasteiger charge is 2.26. The third kappa shape index (κ3) is 2.48. The summed E-state index contributed by atoms with van der Waals surface area (Å²) in [6, 6.07) is 20.9. The van der Waals surface area contributed by atoms with Gasteiger partial charge in [-0.3, -0.25) is 0 Å². The van der Waals surface area contributed by atoms with Crippen molar-refractivity contribution in [2.75, 3.05) is 18.1 Å². The molecule has 1 fully saturated rings. The van der Waals surface area contributed by atoms with Gasteiger partial charge in [-0.2, -0.15) is 0 Å². The highest BCUT2D eigenvalue weighted by molar-refractivity contribution is 5.63. The average Bonchev–Trinajstić information content (AvgIpc) is 3.22. The van der Waals surface area contributed by atoms with E-state index in [2.05, 4.69) is 53.4 Å². The standard InChI is InChI=1S/C15H15NO/c1-3-7-13(8-4-1)16(11-15-12-17-15)14-9-5-2-6-10-14/h1-10,15H,11-12H2. The lowest BCUT2D eigenvalue weighted by atomic mass is 10.2. The molecule has 0 spiro atoms. The van der Waals surface area contributed by atoms with Crippen LogP contribution in [0.15, 0.2) is 60.7 Å². The molecule has 2 aromatic carbocycles. The summed E-state index contributed by atoms with van der Waals surface area (Å²) in [6.45, 7) is 1.81. The summed E-state index contributed by atoms with van der Waals surface area (Å²) < 4.78 is 5.34. The van der Waals surface area contributed by atoms with Gasteiger partial charge >= 0.3 is 0 Å². The van der Waals surface area contributed by atoms with E-state index in [1.807, 2.05) is 12.1 Å². The van der Waals surface area contributed by atoms with Crippen LogP contribution in [0.3, 0.4) is 0 Å². The molecular formula is C15H15NO. The molecule has 1 atom stereocenters. The minimum atomic E-state index is 0.385. The van der Waals surface area contributed by atoms with Gasteiger partial charge in [-0.1, -0.05) is 36.4 Å². The molecule has 0 aromatic heterocycles. The number of epoxide rings is 1. The third-order valence-corrected chi connectivity index (χ3v) is 2.92. The minimum Gasteiger partial charge on any atom is -0.371 e. The molecule has 2 aromatic rings. The van der Waals surface area contributed by atoms with Crippen molar-refractivity contribution in [3.8, 4) is 0 Å². The first-order valence-electron chi connectivity index (χ1n) is 5.93. The number of ether oxygens (including phenoxy) is 1. The summed E-state index contributed by atoms with van der Waals surface area (Å²) in [5, 5.41) is 0. The molecule has 1 unspecified atom stereocenters. The highest BCUT2D eigenvalue weighted by Crippen LogP contribution is 2.27. The van der Waals surface area contributed by atoms with Crippen molar-refractivity contribution in [3.05, 3.63) is 60.7 Å². The SMILES string of the molecule is c1ccc(N(CC2CO2)c2ccccc2)cc1. The Balaban J connectivity index is 1.91. The summed E-state index contributed by atoms with van der Waals surface area (Å²) in [5.41, 5.74) is 2.43. The number of anilines is 2. The van der Waals surface area contributed by atoms with Gasteiger partial charge in [-0.15, -0.1) is 0 Å². The third-order valence-electron chi connectivity index (χ3n) is 2.92. The zero-order valence-electron chi connectivity index (χ0n) is 9.62. The fourth-order valence-corrected chi connectivity index (χ4v) is 1.95. The molecule has 0 amide bonds. The Morgan fingerprint density at radius 2 is 1.35 bits per heavy atom. The number of rotatable bonds is 4. The van der Waals surface area contributed by atoms with E-state index in [4.69, 9.17) is 4.74 Å². The molecule has 0 N–H and O–H groups in total. The van der Waals surface area contributed by atoms with Crippen molar-refractivity contribution in [1.29, 1.82) is 0 Å². The first-order chi connectivity index (χ1) is 8.43. The largest absolute Gasteiger partial charge is 0.371 e. The predicted molar refractivity (Wildman–Crippen MR) is 69.6 cm³/mol. The van der Waals surface area contributed by atoms with E-state index in [1.165, 1.54) is 11.4 Å². The quantitative estimate of drug-likeness (QED) is 0.742. The normalized spacial score (nSPS) is 17.8. The fourth-order valence-electron chi connectivity index (χ4n) is 1.95. The van der Waals surface area contributed by atoms with Crippen LogP contribution in [0.2, 0.25) is 0 Å². The lowest BCUT2D eigenvalue weighted by molar-refractivity contribution is 0.411. The number of hydrogen-bond acceptors (Lipinski definition) is 2. The summed E-state index contributed by atoms with van der Waals surface area (Å²) in [6.07, 6.45) is 0.385. The van der Waals surface area contributed by atoms with Crippen molar-refractivity contribution in [3.63, 3.8) is 0 Å². The zero-order chi connectivity index (χ0) is 11.5. The monoisotopic (exact) mass is 225 g/mol. The zero-order valence-corrected chi connectivity index (χ0v) is 9.62. The molecule has 86 valence electrons. The maximum Gasteiger partial charge on any atom is 0.0988 e. The molecule has 2 nitrogen and oxygen atoms in total. The Hall–Kier alpha value is -1.80. The van der Waals surface area contributed by atoms with Crippen LogP contribution in [0, 0.1) is 0 Å².